The lowest BCUT2D eigenvalue weighted by molar-refractivity contribution is -0.121. The van der Waals surface area contributed by atoms with Crippen molar-refractivity contribution in [3.05, 3.63) is 78.4 Å². The van der Waals surface area contributed by atoms with E-state index < -0.39 is 21.8 Å². The van der Waals surface area contributed by atoms with Gasteiger partial charge in [0.25, 0.3) is 5.91 Å². The number of aryl methyl sites for hydroxylation is 1. The predicted octanol–water partition coefficient (Wildman–Crippen LogP) is 1.65. The standard InChI is InChI=1S/C24H28N6O5S/c1-29-14-13-25-21(29)16-26-36(33,34)28-23(32)27-24(15-20(24)17-7-5-4-6-8-17)22(31)30(2)18-9-11-19(35-3)12-10-18/h4-14,20,26H,15-16H2,1-3H3,(H2,27,28,32). The molecule has 11 nitrogen and oxygen atoms in total. The average molecular weight is 513 g/mol. The van der Waals surface area contributed by atoms with Crippen molar-refractivity contribution in [2.75, 3.05) is 19.1 Å². The largest absolute Gasteiger partial charge is 0.497 e. The molecule has 1 aromatic heterocycles. The maximum atomic E-state index is 13.7. The van der Waals surface area contributed by atoms with Crippen LogP contribution >= 0.6 is 0 Å². The zero-order valence-electron chi connectivity index (χ0n) is 20.1. The molecule has 3 amide bonds. The summed E-state index contributed by atoms with van der Waals surface area (Å²) in [4.78, 5) is 32.0. The van der Waals surface area contributed by atoms with Crippen LogP contribution in [0.25, 0.3) is 0 Å². The number of anilines is 1. The highest BCUT2D eigenvalue weighted by Crippen LogP contribution is 2.52. The summed E-state index contributed by atoms with van der Waals surface area (Å²) in [6.07, 6.45) is 3.54. The van der Waals surface area contributed by atoms with Crippen LogP contribution in [0.15, 0.2) is 67.0 Å². The van der Waals surface area contributed by atoms with Gasteiger partial charge in [0, 0.05) is 38.1 Å². The van der Waals surface area contributed by atoms with E-state index >= 15 is 0 Å². The molecule has 190 valence electrons. The van der Waals surface area contributed by atoms with Gasteiger partial charge in [-0.25, -0.2) is 14.5 Å². The van der Waals surface area contributed by atoms with E-state index in [9.17, 15) is 18.0 Å². The number of benzene rings is 2. The van der Waals surface area contributed by atoms with E-state index in [1.807, 2.05) is 35.1 Å². The Labute approximate surface area is 209 Å². The molecule has 0 aliphatic heterocycles. The third-order valence-electron chi connectivity index (χ3n) is 6.21. The van der Waals surface area contributed by atoms with Crippen molar-refractivity contribution in [2.24, 2.45) is 7.05 Å². The summed E-state index contributed by atoms with van der Waals surface area (Å²) in [5, 5.41) is 2.64. The van der Waals surface area contributed by atoms with Gasteiger partial charge in [0.05, 0.1) is 13.7 Å². The molecule has 3 N–H and O–H groups in total. The molecular formula is C24H28N6O5S. The Kier molecular flexibility index (Phi) is 7.00. The van der Waals surface area contributed by atoms with E-state index in [-0.39, 0.29) is 18.4 Å². The molecule has 1 aliphatic rings. The minimum Gasteiger partial charge on any atom is -0.497 e. The third kappa shape index (κ3) is 5.34. The molecule has 1 heterocycles. The zero-order chi connectivity index (χ0) is 25.9. The smallest absolute Gasteiger partial charge is 0.330 e. The number of urea groups is 1. The van der Waals surface area contributed by atoms with Gasteiger partial charge in [-0.2, -0.15) is 13.1 Å². The topological polar surface area (TPSA) is 135 Å². The van der Waals surface area contributed by atoms with Gasteiger partial charge in [-0.1, -0.05) is 30.3 Å². The highest BCUT2D eigenvalue weighted by Gasteiger charge is 2.63. The molecule has 4 rings (SSSR count). The van der Waals surface area contributed by atoms with Crippen LogP contribution in [0.1, 0.15) is 23.7 Å². The molecule has 0 radical (unpaired) electrons. The van der Waals surface area contributed by atoms with Gasteiger partial charge in [0.2, 0.25) is 0 Å². The molecule has 12 heteroatoms. The van der Waals surface area contributed by atoms with Crippen LogP contribution in [-0.4, -0.2) is 49.6 Å². The third-order valence-corrected chi connectivity index (χ3v) is 7.19. The summed E-state index contributed by atoms with van der Waals surface area (Å²) in [7, 11) is 0.673. The first-order valence-corrected chi connectivity index (χ1v) is 12.7. The van der Waals surface area contributed by atoms with E-state index in [1.54, 1.807) is 56.2 Å². The number of carbonyl (C=O) groups excluding carboxylic acids is 2. The van der Waals surface area contributed by atoms with Crippen molar-refractivity contribution in [3.8, 4) is 5.75 Å². The van der Waals surface area contributed by atoms with Crippen LogP contribution in [0.5, 0.6) is 5.75 Å². The number of rotatable bonds is 9. The first-order chi connectivity index (χ1) is 17.1. The van der Waals surface area contributed by atoms with Crippen LogP contribution in [0.3, 0.4) is 0 Å². The summed E-state index contributed by atoms with van der Waals surface area (Å²) < 4.78 is 36.0. The summed E-state index contributed by atoms with van der Waals surface area (Å²) in [5.41, 5.74) is 0.158. The Morgan fingerprint density at radius 1 is 1.17 bits per heavy atom. The fraction of sp³-hybridized carbons (Fsp3) is 0.292. The van der Waals surface area contributed by atoms with Crippen molar-refractivity contribution < 1.29 is 22.7 Å². The lowest BCUT2D eigenvalue weighted by Crippen LogP contribution is -2.55. The van der Waals surface area contributed by atoms with Crippen LogP contribution in [0, 0.1) is 0 Å². The lowest BCUT2D eigenvalue weighted by Gasteiger charge is -2.26. The molecule has 2 aromatic carbocycles. The average Bonchev–Trinajstić information content (AvgIpc) is 3.44. The van der Waals surface area contributed by atoms with Crippen LogP contribution < -0.4 is 24.4 Å². The molecule has 2 atom stereocenters. The Morgan fingerprint density at radius 3 is 2.47 bits per heavy atom. The minimum atomic E-state index is -4.21. The molecule has 0 spiro atoms. The number of imidazole rings is 1. The number of hydrogen-bond donors (Lipinski definition) is 3. The van der Waals surface area contributed by atoms with E-state index in [4.69, 9.17) is 4.74 Å². The van der Waals surface area contributed by atoms with Crippen LogP contribution in [-0.2, 0) is 28.6 Å². The quantitative estimate of drug-likeness (QED) is 0.399. The van der Waals surface area contributed by atoms with E-state index in [0.29, 0.717) is 23.7 Å². The number of nitrogens with zero attached hydrogens (tertiary/aromatic N) is 3. The molecule has 2 unspecified atom stereocenters. The SMILES string of the molecule is COc1ccc(N(C)C(=O)C2(NC(=O)NS(=O)(=O)NCc3nccn3C)CC2c2ccccc2)cc1. The molecule has 36 heavy (non-hydrogen) atoms. The number of hydrogen-bond acceptors (Lipinski definition) is 6. The molecule has 0 saturated heterocycles. The van der Waals surface area contributed by atoms with Gasteiger partial charge >= 0.3 is 16.2 Å². The van der Waals surface area contributed by atoms with Gasteiger partial charge in [-0.3, -0.25) is 4.79 Å². The maximum absolute atomic E-state index is 13.7. The number of methoxy groups -OCH3 is 1. The molecule has 1 aliphatic carbocycles. The van der Waals surface area contributed by atoms with Crippen LogP contribution in [0.2, 0.25) is 0 Å². The van der Waals surface area contributed by atoms with Gasteiger partial charge in [-0.15, -0.1) is 0 Å². The number of nitrogens with one attached hydrogen (secondary N) is 3. The molecule has 1 fully saturated rings. The second-order valence-electron chi connectivity index (χ2n) is 8.54. The normalized spacial score (nSPS) is 18.8. The van der Waals surface area contributed by atoms with Gasteiger partial charge in [0.1, 0.15) is 17.1 Å². The maximum Gasteiger partial charge on any atom is 0.330 e. The number of amides is 3. The van der Waals surface area contributed by atoms with Crippen molar-refractivity contribution in [2.45, 2.75) is 24.4 Å². The Hall–Kier alpha value is -3.90. The van der Waals surface area contributed by atoms with Crippen LogP contribution in [0.4, 0.5) is 10.5 Å². The Balaban J connectivity index is 1.51. The number of likely N-dealkylation sites (N-methyl/N-ethyl adjacent to an activating group) is 1. The lowest BCUT2D eigenvalue weighted by atomic mass is 10.0. The fourth-order valence-electron chi connectivity index (χ4n) is 4.11. The van der Waals surface area contributed by atoms with Crippen molar-refractivity contribution in [1.29, 1.82) is 0 Å². The van der Waals surface area contributed by atoms with Gasteiger partial charge < -0.3 is 19.5 Å². The summed E-state index contributed by atoms with van der Waals surface area (Å²) in [5.74, 6) is 0.430. The fourth-order valence-corrected chi connectivity index (χ4v) is 4.80. The van der Waals surface area contributed by atoms with Crippen molar-refractivity contribution in [3.63, 3.8) is 0 Å². The number of ether oxygens (including phenoxy) is 1. The van der Waals surface area contributed by atoms with E-state index in [2.05, 4.69) is 15.0 Å². The predicted molar refractivity (Wildman–Crippen MR) is 134 cm³/mol. The molecule has 0 bridgehead atoms. The molecule has 3 aromatic rings. The molecule has 1 saturated carbocycles. The summed E-state index contributed by atoms with van der Waals surface area (Å²) in [6.45, 7) is -0.108. The Bertz CT molecular complexity index is 1340. The van der Waals surface area contributed by atoms with E-state index in [0.717, 1.165) is 5.56 Å². The second kappa shape index (κ2) is 9.99. The minimum absolute atomic E-state index is 0.108. The van der Waals surface area contributed by atoms with Crippen molar-refractivity contribution >= 4 is 27.8 Å². The first kappa shape index (κ1) is 25.2. The first-order valence-electron chi connectivity index (χ1n) is 11.2. The zero-order valence-corrected chi connectivity index (χ0v) is 21.0. The highest BCUT2D eigenvalue weighted by atomic mass is 32.2. The summed E-state index contributed by atoms with van der Waals surface area (Å²) in [6, 6.07) is 15.2. The number of carbonyl (C=O) groups is 2. The van der Waals surface area contributed by atoms with Gasteiger partial charge in [-0.05, 0) is 36.2 Å². The highest BCUT2D eigenvalue weighted by molar-refractivity contribution is 7.88. The summed E-state index contributed by atoms with van der Waals surface area (Å²) >= 11 is 0. The monoisotopic (exact) mass is 512 g/mol. The molecular weight excluding hydrogens is 484 g/mol. The van der Waals surface area contributed by atoms with Gasteiger partial charge in [0.15, 0.2) is 0 Å². The van der Waals surface area contributed by atoms with Crippen molar-refractivity contribution in [1.82, 2.24) is 24.3 Å². The number of aromatic nitrogens is 2. The second-order valence-corrected chi connectivity index (χ2v) is 10.0. The van der Waals surface area contributed by atoms with E-state index in [1.165, 1.54) is 11.1 Å². The Morgan fingerprint density at radius 2 is 1.86 bits per heavy atom.